The summed E-state index contributed by atoms with van der Waals surface area (Å²) in [4.78, 5) is 19.4. The normalized spacial score (nSPS) is 19.5. The van der Waals surface area contributed by atoms with Gasteiger partial charge in [-0.25, -0.2) is 4.98 Å². The molecular formula is C19H23N3O2S. The molecule has 5 nitrogen and oxygen atoms in total. The third kappa shape index (κ3) is 4.08. The minimum absolute atomic E-state index is 0.00617. The fourth-order valence-corrected chi connectivity index (χ4v) is 3.97. The molecule has 6 heteroatoms. The fourth-order valence-electron chi connectivity index (χ4n) is 3.33. The zero-order valence-corrected chi connectivity index (χ0v) is 15.1. The molecule has 4 rings (SSSR count). The van der Waals surface area contributed by atoms with Gasteiger partial charge in [-0.1, -0.05) is 12.1 Å². The van der Waals surface area contributed by atoms with Crippen LogP contribution in [0.5, 0.6) is 0 Å². The number of benzene rings is 1. The SMILES string of the molecule is O=C(NCC1(CN2CCOCC2)CC1)c1cccc(-c2nccs2)c1. The van der Waals surface area contributed by atoms with Crippen LogP contribution in [-0.4, -0.2) is 55.2 Å². The summed E-state index contributed by atoms with van der Waals surface area (Å²) in [6.45, 7) is 5.48. The van der Waals surface area contributed by atoms with E-state index >= 15 is 0 Å². The van der Waals surface area contributed by atoms with Crippen LogP contribution in [0.15, 0.2) is 35.8 Å². The fraction of sp³-hybridized carbons (Fsp3) is 0.474. The number of thiazole rings is 1. The summed E-state index contributed by atoms with van der Waals surface area (Å²) >= 11 is 1.58. The van der Waals surface area contributed by atoms with Crippen LogP contribution in [0, 0.1) is 5.41 Å². The average Bonchev–Trinajstić information content (AvgIpc) is 3.19. The molecule has 2 heterocycles. The van der Waals surface area contributed by atoms with Gasteiger partial charge in [-0.05, 0) is 25.0 Å². The maximum Gasteiger partial charge on any atom is 0.251 e. The average molecular weight is 357 g/mol. The molecule has 2 aliphatic rings. The summed E-state index contributed by atoms with van der Waals surface area (Å²) in [5, 5.41) is 6.04. The summed E-state index contributed by atoms with van der Waals surface area (Å²) in [5.74, 6) is 0.00617. The number of ether oxygens (including phenoxy) is 1. The molecule has 2 fully saturated rings. The summed E-state index contributed by atoms with van der Waals surface area (Å²) in [6, 6.07) is 7.71. The van der Waals surface area contributed by atoms with Gasteiger partial charge in [0.2, 0.25) is 0 Å². The highest BCUT2D eigenvalue weighted by atomic mass is 32.1. The second-order valence-electron chi connectivity index (χ2n) is 6.99. The van der Waals surface area contributed by atoms with E-state index in [1.54, 1.807) is 17.5 Å². The van der Waals surface area contributed by atoms with Crippen molar-refractivity contribution in [1.82, 2.24) is 15.2 Å². The Hall–Kier alpha value is -1.76. The van der Waals surface area contributed by atoms with Gasteiger partial charge in [-0.15, -0.1) is 11.3 Å². The summed E-state index contributed by atoms with van der Waals surface area (Å²) in [6.07, 6.45) is 4.18. The molecule has 0 unspecified atom stereocenters. The van der Waals surface area contributed by atoms with Crippen molar-refractivity contribution in [2.75, 3.05) is 39.4 Å². The Kier molecular flexibility index (Phi) is 4.83. The maximum atomic E-state index is 12.6. The van der Waals surface area contributed by atoms with Crippen molar-refractivity contribution in [3.8, 4) is 10.6 Å². The van der Waals surface area contributed by atoms with E-state index in [1.165, 1.54) is 12.8 Å². The number of hydrogen-bond acceptors (Lipinski definition) is 5. The second-order valence-corrected chi connectivity index (χ2v) is 7.88. The van der Waals surface area contributed by atoms with Crippen LogP contribution in [-0.2, 0) is 4.74 Å². The monoisotopic (exact) mass is 357 g/mol. The molecule has 0 radical (unpaired) electrons. The standard InChI is InChI=1S/C19H23N3O2S/c23-17(15-2-1-3-16(12-15)18-20-6-11-25-18)21-13-19(4-5-19)14-22-7-9-24-10-8-22/h1-3,6,11-12H,4-5,7-10,13-14H2,(H,21,23). The van der Waals surface area contributed by atoms with E-state index in [0.717, 1.165) is 50.0 Å². The Morgan fingerprint density at radius 1 is 1.32 bits per heavy atom. The van der Waals surface area contributed by atoms with Crippen molar-refractivity contribution in [1.29, 1.82) is 0 Å². The van der Waals surface area contributed by atoms with Crippen molar-refractivity contribution in [3.05, 3.63) is 41.4 Å². The van der Waals surface area contributed by atoms with Crippen molar-refractivity contribution >= 4 is 17.2 Å². The number of carbonyl (C=O) groups is 1. The predicted molar refractivity (Wildman–Crippen MR) is 98.8 cm³/mol. The predicted octanol–water partition coefficient (Wildman–Crippen LogP) is 2.65. The molecule has 1 aliphatic carbocycles. The smallest absolute Gasteiger partial charge is 0.251 e. The molecule has 1 aliphatic heterocycles. The minimum atomic E-state index is 0.00617. The van der Waals surface area contributed by atoms with Gasteiger partial charge in [-0.2, -0.15) is 0 Å². The summed E-state index contributed by atoms with van der Waals surface area (Å²) in [5.41, 5.74) is 1.96. The number of carbonyl (C=O) groups excluding carboxylic acids is 1. The van der Waals surface area contributed by atoms with Gasteiger partial charge in [0.15, 0.2) is 0 Å². The lowest BCUT2D eigenvalue weighted by Gasteiger charge is -2.30. The Morgan fingerprint density at radius 3 is 2.88 bits per heavy atom. The van der Waals surface area contributed by atoms with Crippen LogP contribution < -0.4 is 5.32 Å². The number of amides is 1. The van der Waals surface area contributed by atoms with E-state index in [1.807, 2.05) is 29.6 Å². The Balaban J connectivity index is 1.35. The van der Waals surface area contributed by atoms with Gasteiger partial charge >= 0.3 is 0 Å². The van der Waals surface area contributed by atoms with Crippen molar-refractivity contribution < 1.29 is 9.53 Å². The van der Waals surface area contributed by atoms with E-state index in [-0.39, 0.29) is 11.3 Å². The Labute approximate surface area is 152 Å². The highest BCUT2D eigenvalue weighted by molar-refractivity contribution is 7.13. The first-order valence-electron chi connectivity index (χ1n) is 8.82. The van der Waals surface area contributed by atoms with E-state index in [4.69, 9.17) is 4.74 Å². The molecule has 1 saturated carbocycles. The quantitative estimate of drug-likeness (QED) is 0.864. The maximum absolute atomic E-state index is 12.6. The number of nitrogens with zero attached hydrogens (tertiary/aromatic N) is 2. The molecule has 1 N–H and O–H groups in total. The highest BCUT2D eigenvalue weighted by Gasteiger charge is 2.44. The van der Waals surface area contributed by atoms with Gasteiger partial charge in [0.25, 0.3) is 5.91 Å². The lowest BCUT2D eigenvalue weighted by atomic mass is 10.1. The van der Waals surface area contributed by atoms with Gasteiger partial charge in [0, 0.05) is 54.3 Å². The van der Waals surface area contributed by atoms with Crippen LogP contribution in [0.4, 0.5) is 0 Å². The third-order valence-corrected chi connectivity index (χ3v) is 5.87. The molecule has 1 saturated heterocycles. The zero-order chi connectivity index (χ0) is 17.1. The third-order valence-electron chi connectivity index (χ3n) is 5.05. The van der Waals surface area contributed by atoms with Crippen LogP contribution in [0.2, 0.25) is 0 Å². The highest BCUT2D eigenvalue weighted by Crippen LogP contribution is 2.45. The van der Waals surface area contributed by atoms with Gasteiger partial charge < -0.3 is 10.1 Å². The van der Waals surface area contributed by atoms with Gasteiger partial charge in [0.1, 0.15) is 5.01 Å². The molecule has 132 valence electrons. The first kappa shape index (κ1) is 16.7. The molecular weight excluding hydrogens is 334 g/mol. The van der Waals surface area contributed by atoms with E-state index in [2.05, 4.69) is 15.2 Å². The molecule has 0 spiro atoms. The first-order chi connectivity index (χ1) is 12.2. The number of rotatable bonds is 6. The molecule has 1 amide bonds. The van der Waals surface area contributed by atoms with Crippen LogP contribution >= 0.6 is 11.3 Å². The summed E-state index contributed by atoms with van der Waals surface area (Å²) < 4.78 is 5.42. The van der Waals surface area contributed by atoms with Crippen molar-refractivity contribution in [2.24, 2.45) is 5.41 Å². The Bertz CT molecular complexity index is 722. The summed E-state index contributed by atoms with van der Waals surface area (Å²) in [7, 11) is 0. The van der Waals surface area contributed by atoms with E-state index in [0.29, 0.717) is 5.56 Å². The zero-order valence-electron chi connectivity index (χ0n) is 14.2. The van der Waals surface area contributed by atoms with Crippen LogP contribution in [0.25, 0.3) is 10.6 Å². The first-order valence-corrected chi connectivity index (χ1v) is 9.70. The molecule has 0 atom stereocenters. The number of aromatic nitrogens is 1. The van der Waals surface area contributed by atoms with E-state index in [9.17, 15) is 4.79 Å². The second kappa shape index (κ2) is 7.23. The largest absolute Gasteiger partial charge is 0.379 e. The lowest BCUT2D eigenvalue weighted by Crippen LogP contribution is -2.43. The lowest BCUT2D eigenvalue weighted by molar-refractivity contribution is 0.0283. The molecule has 0 bridgehead atoms. The van der Waals surface area contributed by atoms with Crippen LogP contribution in [0.3, 0.4) is 0 Å². The number of hydrogen-bond donors (Lipinski definition) is 1. The molecule has 2 aromatic rings. The van der Waals surface area contributed by atoms with Crippen molar-refractivity contribution in [2.45, 2.75) is 12.8 Å². The molecule has 25 heavy (non-hydrogen) atoms. The molecule has 1 aromatic heterocycles. The minimum Gasteiger partial charge on any atom is -0.379 e. The van der Waals surface area contributed by atoms with Gasteiger partial charge in [0.05, 0.1) is 13.2 Å². The van der Waals surface area contributed by atoms with Crippen molar-refractivity contribution in [3.63, 3.8) is 0 Å². The number of morpholine rings is 1. The Morgan fingerprint density at radius 2 is 2.16 bits per heavy atom. The topological polar surface area (TPSA) is 54.5 Å². The van der Waals surface area contributed by atoms with E-state index < -0.39 is 0 Å². The van der Waals surface area contributed by atoms with Gasteiger partial charge in [-0.3, -0.25) is 9.69 Å². The van der Waals surface area contributed by atoms with Crippen LogP contribution in [0.1, 0.15) is 23.2 Å². The number of nitrogens with one attached hydrogen (secondary N) is 1. The molecule has 1 aromatic carbocycles.